The Labute approximate surface area is 245 Å². The Kier molecular flexibility index (Phi) is 7.82. The molecule has 1 aromatic heterocycles. The molecule has 3 aromatic carbocycles. The van der Waals surface area contributed by atoms with Gasteiger partial charge in [-0.15, -0.1) is 23.8 Å². The van der Waals surface area contributed by atoms with Gasteiger partial charge in [0.15, 0.2) is 0 Å². The summed E-state index contributed by atoms with van der Waals surface area (Å²) >= 11 is 0. The van der Waals surface area contributed by atoms with Crippen molar-refractivity contribution in [1.82, 2.24) is 4.98 Å². The third kappa shape index (κ3) is 5.10. The Morgan fingerprint density at radius 1 is 0.897 bits per heavy atom. The molecular formula is C33H34N3O2Pt-. The van der Waals surface area contributed by atoms with E-state index in [1.165, 1.54) is 47.2 Å². The molecule has 1 aliphatic carbocycles. The minimum absolute atomic E-state index is 0. The summed E-state index contributed by atoms with van der Waals surface area (Å²) in [6.45, 7) is 8.89. The number of fused-ring (bicyclic) bond motifs is 2. The number of hydrogen-bond donors (Lipinski definition) is 1. The Morgan fingerprint density at radius 3 is 2.44 bits per heavy atom. The number of anilines is 1. The summed E-state index contributed by atoms with van der Waals surface area (Å²) in [5.74, 6) is 2.11. The average Bonchev–Trinajstić information content (AvgIpc) is 3.09. The fourth-order valence-electron chi connectivity index (χ4n) is 6.05. The molecule has 0 saturated heterocycles. The van der Waals surface area contributed by atoms with E-state index in [4.69, 9.17) is 9.73 Å². The smallest absolute Gasteiger partial charge is 0.217 e. The maximum absolute atomic E-state index is 10.2. The van der Waals surface area contributed by atoms with Crippen molar-refractivity contribution in [1.29, 1.82) is 0 Å². The summed E-state index contributed by atoms with van der Waals surface area (Å²) in [5.41, 5.74) is 8.00. The topological polar surface area (TPSA) is 58.0 Å². The quantitative estimate of drug-likeness (QED) is 0.222. The van der Waals surface area contributed by atoms with Crippen molar-refractivity contribution in [3.8, 4) is 17.4 Å². The number of phenolic OH excluding ortho intramolecular Hbond substituents is 1. The van der Waals surface area contributed by atoms with Crippen molar-refractivity contribution < 1.29 is 30.9 Å². The second kappa shape index (κ2) is 11.1. The van der Waals surface area contributed by atoms with Crippen molar-refractivity contribution in [2.24, 2.45) is 4.99 Å². The summed E-state index contributed by atoms with van der Waals surface area (Å²) in [5, 5.41) is 11.1. The number of para-hydroxylation sites is 1. The molecule has 0 spiro atoms. The Hall–Kier alpha value is -3.17. The number of phenols is 1. The molecule has 0 amide bonds. The van der Waals surface area contributed by atoms with Crippen LogP contribution in [0.3, 0.4) is 0 Å². The predicted octanol–water partition coefficient (Wildman–Crippen LogP) is 7.73. The van der Waals surface area contributed by atoms with Crippen molar-refractivity contribution in [2.45, 2.75) is 71.9 Å². The van der Waals surface area contributed by atoms with E-state index in [0.717, 1.165) is 29.6 Å². The standard InChI is InChI=1S/C33H34N3O2.Pt/c1-20-18-21(2)23(4)32(22(20)3)36-28-14-7-5-6-13-27(28)34-33(36)25-11-8-12-26(19-25)38-30-17-16-24-10-9-15-29(37)31(24)35-30;/h8-12,15-18,27-28,37H,5-7,13-14H2,1-4H3;/q-1;/t27-,28?;/m0./s1. The van der Waals surface area contributed by atoms with E-state index >= 15 is 0 Å². The molecule has 1 aliphatic heterocycles. The van der Waals surface area contributed by atoms with Gasteiger partial charge < -0.3 is 19.7 Å². The van der Waals surface area contributed by atoms with Gasteiger partial charge in [0, 0.05) is 50.0 Å². The molecule has 1 saturated carbocycles. The van der Waals surface area contributed by atoms with E-state index in [-0.39, 0.29) is 32.9 Å². The number of aliphatic imine (C=N–C) groups is 1. The van der Waals surface area contributed by atoms with Gasteiger partial charge in [-0.2, -0.15) is 0 Å². The molecule has 2 aliphatic rings. The summed E-state index contributed by atoms with van der Waals surface area (Å²) < 4.78 is 6.16. The van der Waals surface area contributed by atoms with E-state index in [1.807, 2.05) is 36.4 Å². The first kappa shape index (κ1) is 27.4. The van der Waals surface area contributed by atoms with E-state index in [0.29, 0.717) is 23.2 Å². The number of hydrogen-bond acceptors (Lipinski definition) is 5. The SMILES string of the molecule is Cc1cc(C)c(C)c(N2C(c3[c-]c(Oc4ccc5cccc(O)c5n4)ccc3)=N[C@H]3CCCCCC32)c1C.[Pt]. The van der Waals surface area contributed by atoms with E-state index < -0.39 is 0 Å². The first-order valence-electron chi connectivity index (χ1n) is 13.6. The van der Waals surface area contributed by atoms with Gasteiger partial charge >= 0.3 is 0 Å². The van der Waals surface area contributed by atoms with Gasteiger partial charge in [0.2, 0.25) is 5.88 Å². The van der Waals surface area contributed by atoms with Gasteiger partial charge in [-0.3, -0.25) is 0 Å². The van der Waals surface area contributed by atoms with Crippen LogP contribution in [0.1, 0.15) is 59.9 Å². The monoisotopic (exact) mass is 699 g/mol. The summed E-state index contributed by atoms with van der Waals surface area (Å²) in [7, 11) is 0. The van der Waals surface area contributed by atoms with Gasteiger partial charge in [-0.1, -0.05) is 43.5 Å². The number of aryl methyl sites for hydroxylation is 2. The van der Waals surface area contributed by atoms with Crippen molar-refractivity contribution in [3.63, 3.8) is 0 Å². The molecule has 0 bridgehead atoms. The third-order valence-electron chi connectivity index (χ3n) is 8.26. The number of aromatic hydroxyl groups is 1. The maximum Gasteiger partial charge on any atom is 0.217 e. The van der Waals surface area contributed by atoms with Gasteiger partial charge in [-0.25, -0.2) is 4.98 Å². The molecule has 1 N–H and O–H groups in total. The molecule has 2 atom stereocenters. The number of benzene rings is 3. The largest absolute Gasteiger partial charge is 0.506 e. The summed E-state index contributed by atoms with van der Waals surface area (Å²) in [4.78, 5) is 12.4. The fourth-order valence-corrected chi connectivity index (χ4v) is 6.05. The fraction of sp³-hybridized carbons (Fsp3) is 0.333. The molecule has 204 valence electrons. The van der Waals surface area contributed by atoms with Crippen molar-refractivity contribution in [2.75, 3.05) is 4.90 Å². The number of aromatic nitrogens is 1. The van der Waals surface area contributed by atoms with Gasteiger partial charge in [0.1, 0.15) is 11.3 Å². The molecule has 6 rings (SSSR count). The number of rotatable bonds is 4. The first-order valence-corrected chi connectivity index (χ1v) is 13.6. The predicted molar refractivity (Wildman–Crippen MR) is 154 cm³/mol. The minimum Gasteiger partial charge on any atom is -0.506 e. The maximum atomic E-state index is 10.2. The van der Waals surface area contributed by atoms with Crippen LogP contribution in [0, 0.1) is 33.8 Å². The Bertz CT molecular complexity index is 1540. The van der Waals surface area contributed by atoms with Gasteiger partial charge in [-0.05, 0) is 74.9 Å². The van der Waals surface area contributed by atoms with E-state index in [2.05, 4.69) is 55.8 Å². The number of nitrogens with zero attached hydrogens (tertiary/aromatic N) is 3. The number of amidine groups is 1. The molecule has 1 unspecified atom stereocenters. The second-order valence-corrected chi connectivity index (χ2v) is 10.7. The molecule has 6 heteroatoms. The zero-order valence-corrected chi connectivity index (χ0v) is 25.2. The average molecular weight is 700 g/mol. The third-order valence-corrected chi connectivity index (χ3v) is 8.26. The first-order chi connectivity index (χ1) is 18.4. The Morgan fingerprint density at radius 2 is 1.64 bits per heavy atom. The van der Waals surface area contributed by atoms with E-state index in [1.54, 1.807) is 6.07 Å². The van der Waals surface area contributed by atoms with Crippen LogP contribution in [-0.4, -0.2) is 28.0 Å². The molecule has 4 aromatic rings. The molecule has 1 fully saturated rings. The van der Waals surface area contributed by atoms with Crippen LogP contribution in [0.15, 0.2) is 59.6 Å². The molecule has 5 nitrogen and oxygen atoms in total. The van der Waals surface area contributed by atoms with Crippen LogP contribution in [0.4, 0.5) is 5.69 Å². The summed E-state index contributed by atoms with van der Waals surface area (Å²) in [6, 6.07) is 21.5. The van der Waals surface area contributed by atoms with Crippen LogP contribution in [-0.2, 0) is 21.1 Å². The minimum atomic E-state index is 0. The molecule has 2 heterocycles. The number of ether oxygens (including phenoxy) is 1. The van der Waals surface area contributed by atoms with Gasteiger partial charge in [0.05, 0.1) is 11.9 Å². The van der Waals surface area contributed by atoms with E-state index in [9.17, 15) is 5.11 Å². The van der Waals surface area contributed by atoms with Crippen LogP contribution in [0.2, 0.25) is 0 Å². The normalized spacial score (nSPS) is 18.8. The second-order valence-electron chi connectivity index (χ2n) is 10.7. The van der Waals surface area contributed by atoms with Gasteiger partial charge in [0.25, 0.3) is 0 Å². The number of pyridine rings is 1. The Balaban J connectivity index is 0.00000308. The molecule has 39 heavy (non-hydrogen) atoms. The molecule has 0 radical (unpaired) electrons. The van der Waals surface area contributed by atoms with Crippen LogP contribution in [0.25, 0.3) is 10.9 Å². The van der Waals surface area contributed by atoms with Crippen molar-refractivity contribution in [3.05, 3.63) is 88.5 Å². The van der Waals surface area contributed by atoms with Crippen LogP contribution in [0.5, 0.6) is 17.4 Å². The zero-order chi connectivity index (χ0) is 26.4. The van der Waals surface area contributed by atoms with Crippen molar-refractivity contribution >= 4 is 22.4 Å². The zero-order valence-electron chi connectivity index (χ0n) is 22.9. The van der Waals surface area contributed by atoms with Crippen LogP contribution < -0.4 is 9.64 Å². The van der Waals surface area contributed by atoms with Crippen LogP contribution >= 0.6 is 0 Å². The molecular weight excluding hydrogens is 665 g/mol. The summed E-state index contributed by atoms with van der Waals surface area (Å²) in [6.07, 6.45) is 6.00.